The monoisotopic (exact) mass is 260 g/mol. The Bertz CT molecular complexity index is 595. The first kappa shape index (κ1) is 11.2. The summed E-state index contributed by atoms with van der Waals surface area (Å²) in [7, 11) is 0. The fourth-order valence-corrected chi connectivity index (χ4v) is 2.85. The molecule has 1 saturated heterocycles. The number of nitriles is 1. The molecule has 0 aromatic carbocycles. The summed E-state index contributed by atoms with van der Waals surface area (Å²) >= 11 is 1.44. The highest BCUT2D eigenvalue weighted by atomic mass is 32.1. The van der Waals surface area contributed by atoms with E-state index in [1.165, 1.54) is 11.5 Å². The van der Waals surface area contributed by atoms with Crippen LogP contribution in [0.3, 0.4) is 0 Å². The lowest BCUT2D eigenvalue weighted by Gasteiger charge is -2.14. The maximum absolute atomic E-state index is 8.80. The highest BCUT2D eigenvalue weighted by Crippen LogP contribution is 2.27. The van der Waals surface area contributed by atoms with E-state index in [1.807, 2.05) is 11.6 Å². The summed E-state index contributed by atoms with van der Waals surface area (Å²) in [5.74, 6) is 0.823. The van der Waals surface area contributed by atoms with Crippen LogP contribution in [-0.4, -0.2) is 32.2 Å². The third-order valence-electron chi connectivity index (χ3n) is 3.06. The van der Waals surface area contributed by atoms with E-state index in [2.05, 4.69) is 25.4 Å². The number of rotatable bonds is 2. The molecule has 0 spiro atoms. The van der Waals surface area contributed by atoms with Gasteiger partial charge in [0.05, 0.1) is 17.8 Å². The smallest absolute Gasteiger partial charge is 0.205 e. The Labute approximate surface area is 109 Å². The maximum atomic E-state index is 8.80. The zero-order chi connectivity index (χ0) is 12.5. The number of aromatic nitrogens is 4. The maximum Gasteiger partial charge on any atom is 0.205 e. The van der Waals surface area contributed by atoms with Crippen molar-refractivity contribution in [2.75, 3.05) is 18.0 Å². The Kier molecular flexibility index (Phi) is 2.72. The summed E-state index contributed by atoms with van der Waals surface area (Å²) in [6, 6.07) is 2.42. The second kappa shape index (κ2) is 4.38. The molecule has 92 valence electrons. The molecule has 6 nitrogen and oxygen atoms in total. The highest BCUT2D eigenvalue weighted by Gasteiger charge is 2.26. The van der Waals surface area contributed by atoms with Crippen molar-refractivity contribution in [3.8, 4) is 6.07 Å². The summed E-state index contributed by atoms with van der Waals surface area (Å²) < 4.78 is 6.08. The lowest BCUT2D eigenvalue weighted by atomic mass is 10.3. The minimum atomic E-state index is 0.316. The second-order valence-corrected chi connectivity index (χ2v) is 5.06. The molecule has 0 saturated carbocycles. The van der Waals surface area contributed by atoms with Crippen molar-refractivity contribution in [3.05, 3.63) is 23.8 Å². The number of aryl methyl sites for hydroxylation is 1. The second-order valence-electron chi connectivity index (χ2n) is 4.33. The normalized spacial score (nSPS) is 19.1. The molecule has 1 aliphatic heterocycles. The molecule has 0 radical (unpaired) electrons. The van der Waals surface area contributed by atoms with Gasteiger partial charge in [-0.25, -0.2) is 4.98 Å². The molecule has 1 unspecified atom stereocenters. The van der Waals surface area contributed by atoms with Gasteiger partial charge in [-0.3, -0.25) is 4.68 Å². The van der Waals surface area contributed by atoms with Crippen molar-refractivity contribution in [1.82, 2.24) is 19.1 Å². The molecule has 3 rings (SSSR count). The van der Waals surface area contributed by atoms with E-state index in [0.717, 1.165) is 30.5 Å². The van der Waals surface area contributed by atoms with Gasteiger partial charge < -0.3 is 4.90 Å². The summed E-state index contributed by atoms with van der Waals surface area (Å²) in [4.78, 5) is 6.62. The third kappa shape index (κ3) is 1.95. The van der Waals surface area contributed by atoms with Crippen LogP contribution >= 0.6 is 11.5 Å². The van der Waals surface area contributed by atoms with Crippen LogP contribution in [0.4, 0.5) is 5.13 Å². The zero-order valence-corrected chi connectivity index (χ0v) is 10.8. The highest BCUT2D eigenvalue weighted by molar-refractivity contribution is 7.09. The topological polar surface area (TPSA) is 70.6 Å². The van der Waals surface area contributed by atoms with E-state index in [9.17, 15) is 0 Å². The van der Waals surface area contributed by atoms with Gasteiger partial charge in [0, 0.05) is 30.8 Å². The number of anilines is 1. The van der Waals surface area contributed by atoms with Gasteiger partial charge in [-0.05, 0) is 13.3 Å². The minimum Gasteiger partial charge on any atom is -0.345 e. The molecule has 0 amide bonds. The Morgan fingerprint density at radius 1 is 1.56 bits per heavy atom. The molecule has 1 aliphatic rings. The molecule has 0 bridgehead atoms. The largest absolute Gasteiger partial charge is 0.345 e. The minimum absolute atomic E-state index is 0.316. The van der Waals surface area contributed by atoms with Gasteiger partial charge in [-0.15, -0.1) is 0 Å². The first-order chi connectivity index (χ1) is 8.76. The average molecular weight is 260 g/mol. The van der Waals surface area contributed by atoms with Gasteiger partial charge in [0.25, 0.3) is 0 Å². The number of hydrogen-bond donors (Lipinski definition) is 0. The molecular weight excluding hydrogens is 248 g/mol. The van der Waals surface area contributed by atoms with Crippen LogP contribution in [0.2, 0.25) is 0 Å². The quantitative estimate of drug-likeness (QED) is 0.815. The van der Waals surface area contributed by atoms with Crippen LogP contribution in [-0.2, 0) is 0 Å². The molecule has 2 aromatic heterocycles. The van der Waals surface area contributed by atoms with Crippen LogP contribution < -0.4 is 4.90 Å². The Balaban J connectivity index is 1.73. The summed E-state index contributed by atoms with van der Waals surface area (Å²) in [5.41, 5.74) is 0.611. The van der Waals surface area contributed by atoms with E-state index in [4.69, 9.17) is 5.26 Å². The van der Waals surface area contributed by atoms with Crippen LogP contribution in [0.5, 0.6) is 0 Å². The Morgan fingerprint density at radius 2 is 2.44 bits per heavy atom. The Morgan fingerprint density at radius 3 is 3.11 bits per heavy atom. The van der Waals surface area contributed by atoms with E-state index < -0.39 is 0 Å². The van der Waals surface area contributed by atoms with E-state index in [1.54, 1.807) is 12.4 Å². The van der Waals surface area contributed by atoms with Crippen molar-refractivity contribution in [3.63, 3.8) is 0 Å². The van der Waals surface area contributed by atoms with E-state index in [-0.39, 0.29) is 0 Å². The molecule has 2 aromatic rings. The number of hydrogen-bond acceptors (Lipinski definition) is 6. The predicted octanol–water partition coefficient (Wildman–Crippen LogP) is 1.37. The molecule has 1 atom stereocenters. The summed E-state index contributed by atoms with van der Waals surface area (Å²) in [6.07, 6.45) is 4.43. The molecular formula is C11H12N6S. The molecule has 0 aliphatic carbocycles. The van der Waals surface area contributed by atoms with E-state index in [0.29, 0.717) is 11.6 Å². The van der Waals surface area contributed by atoms with Crippen molar-refractivity contribution >= 4 is 16.7 Å². The van der Waals surface area contributed by atoms with E-state index >= 15 is 0 Å². The van der Waals surface area contributed by atoms with Crippen molar-refractivity contribution in [2.45, 2.75) is 19.4 Å². The fourth-order valence-electron chi connectivity index (χ4n) is 2.14. The zero-order valence-electron chi connectivity index (χ0n) is 9.94. The lowest BCUT2D eigenvalue weighted by Crippen LogP contribution is -2.20. The molecule has 18 heavy (non-hydrogen) atoms. The first-order valence-corrected chi connectivity index (χ1v) is 6.53. The summed E-state index contributed by atoms with van der Waals surface area (Å²) in [5, 5.41) is 14.0. The van der Waals surface area contributed by atoms with Crippen LogP contribution in [0, 0.1) is 18.3 Å². The molecule has 7 heteroatoms. The van der Waals surface area contributed by atoms with Crippen LogP contribution in [0.1, 0.15) is 23.9 Å². The average Bonchev–Trinajstić information content (AvgIpc) is 3.07. The van der Waals surface area contributed by atoms with Gasteiger partial charge in [-0.1, -0.05) is 0 Å². The third-order valence-corrected chi connectivity index (χ3v) is 3.92. The van der Waals surface area contributed by atoms with Crippen molar-refractivity contribution in [1.29, 1.82) is 5.26 Å². The van der Waals surface area contributed by atoms with Gasteiger partial charge in [-0.2, -0.15) is 14.7 Å². The summed E-state index contributed by atoms with van der Waals surface area (Å²) in [6.45, 7) is 3.74. The standard InChI is InChI=1S/C11H12N6S/c1-8-14-11(18-15-8)16-3-2-10(7-16)17-6-9(4-12)5-13-17/h5-6,10H,2-3,7H2,1H3. The van der Waals surface area contributed by atoms with Crippen molar-refractivity contribution in [2.24, 2.45) is 0 Å². The SMILES string of the molecule is Cc1nsc(N2CCC(n3cc(C#N)cn3)C2)n1. The molecule has 3 heterocycles. The lowest BCUT2D eigenvalue weighted by molar-refractivity contribution is 0.494. The van der Waals surface area contributed by atoms with Crippen LogP contribution in [0.25, 0.3) is 0 Å². The predicted molar refractivity (Wildman–Crippen MR) is 67.5 cm³/mol. The number of nitrogens with zero attached hydrogens (tertiary/aromatic N) is 6. The van der Waals surface area contributed by atoms with Gasteiger partial charge in [0.15, 0.2) is 0 Å². The molecule has 1 fully saturated rings. The van der Waals surface area contributed by atoms with Crippen LogP contribution in [0.15, 0.2) is 12.4 Å². The Hall–Kier alpha value is -1.94. The van der Waals surface area contributed by atoms with Crippen molar-refractivity contribution < 1.29 is 0 Å². The van der Waals surface area contributed by atoms with Gasteiger partial charge in [0.2, 0.25) is 5.13 Å². The first-order valence-electron chi connectivity index (χ1n) is 5.76. The van der Waals surface area contributed by atoms with Gasteiger partial charge >= 0.3 is 0 Å². The molecule has 0 N–H and O–H groups in total. The fraction of sp³-hybridized carbons (Fsp3) is 0.455. The van der Waals surface area contributed by atoms with Gasteiger partial charge in [0.1, 0.15) is 11.9 Å².